The topological polar surface area (TPSA) is 665 Å². The first-order chi connectivity index (χ1) is 59.0. The number of carbonyl (C=O) groups is 18. The molecule has 5 aromatic rings. The molecule has 0 spiro atoms. The minimum atomic E-state index is -2.01. The Hall–Kier alpha value is -12.4. The summed E-state index contributed by atoms with van der Waals surface area (Å²) < 4.78 is 2.86. The smallest absolute Gasteiger partial charge is 0.246 e. The van der Waals surface area contributed by atoms with Crippen LogP contribution in [0.4, 0.5) is 0 Å². The number of rotatable bonds is 53. The van der Waals surface area contributed by atoms with E-state index >= 15 is 28.8 Å². The standard InChI is InChI=1S/C84H120N20O20S2/c1-43(2)41-84(10,81(123)101-55(21-15-16-33-91-45(4)106)71(113)98-62(40-66(89)111)76(118)96-58(70(90)112)39-65(88)110)104-77(119)60(37-48-22-25-49-17-11-12-18-50(49)35-48)97-74(116)59(36-47-23-26-52(27-24-47)124-34-32-85)100-80(122)69(83(8,9)126)103-73(115)57(29-31-64(87)109)94-75(117)61(38-51-42-92-54-20-14-13-19-53(51)54)99-78(120)67(44(3)105)102-72(114)56(28-30-63(86)108)95-79(121)68(82(6,7)125)93-46(5)107/h11-14,17-20,22-27,35,42-44,55-62,67-69,92,105,125-126H,15-16,21,28-34,36-41,85H2,1-10H3,(H2,86,108)(H2,87,109)(H2,88,110)(H2,89,111)(H2,90,112)(H,91,106)(H,93,107)(H,94,117)(H,95,121)(H,96,118)(H,97,116)(H,98,113)(H,99,120)(H,100,122)(H,101,123)(H,102,114)(H,103,115)(H,104,119)/t44-,55+,56+,57+,58+,59+,60+,61+,62+,67+,68-,69-,84+/m1/s1. The van der Waals surface area contributed by atoms with Crippen molar-refractivity contribution in [3.05, 3.63) is 114 Å². The number of nitrogens with one attached hydrogen (secondary N) is 14. The van der Waals surface area contributed by atoms with Gasteiger partial charge in [0.2, 0.25) is 106 Å². The Morgan fingerprint density at radius 3 is 1.47 bits per heavy atom. The maximum Gasteiger partial charge on any atom is 0.246 e. The number of hydrogen-bond acceptors (Lipinski definition) is 23. The van der Waals surface area contributed by atoms with E-state index in [2.05, 4.69) is 86.7 Å². The van der Waals surface area contributed by atoms with Crippen LogP contribution in [0, 0.1) is 5.92 Å². The number of benzene rings is 4. The van der Waals surface area contributed by atoms with E-state index < -0.39 is 232 Å². The van der Waals surface area contributed by atoms with Crippen molar-refractivity contribution in [3.63, 3.8) is 0 Å². The second-order valence-electron chi connectivity index (χ2n) is 32.6. The van der Waals surface area contributed by atoms with Crippen molar-refractivity contribution in [1.29, 1.82) is 0 Å². The van der Waals surface area contributed by atoms with E-state index in [0.717, 1.165) is 24.6 Å². The summed E-state index contributed by atoms with van der Waals surface area (Å²) >= 11 is 9.20. The van der Waals surface area contributed by atoms with Gasteiger partial charge in [-0.3, -0.25) is 86.3 Å². The summed E-state index contributed by atoms with van der Waals surface area (Å²) in [6, 6.07) is 6.80. The summed E-state index contributed by atoms with van der Waals surface area (Å²) in [5.41, 5.74) is 32.9. The van der Waals surface area contributed by atoms with Gasteiger partial charge in [-0.05, 0) is 132 Å². The SMILES string of the molecule is CC(=O)NCCCC[C@H](NC(=O)[C@](C)(CC(C)C)NC(=O)[C@H](Cc1ccc2ccccc2c1)NC(=O)[C@H](Cc1ccc(OCCN)cc1)NC(=O)[C@@H](NC(=O)[C@H](CCC(N)=O)NC(=O)[C@H](Cc1c[nH]c2ccccc12)NC(=O)[C@@H](NC(=O)[C@H](CCC(N)=O)NC(=O)[C@@H](NC(C)=O)C(C)(C)S)[C@@H](C)O)C(C)(C)S)C(=O)N[C@@H](CC(N)=O)C(=O)N[C@@H](CC(N)=O)C(N)=O. The van der Waals surface area contributed by atoms with Crippen LogP contribution >= 0.6 is 25.3 Å². The van der Waals surface area contributed by atoms with Crippen molar-refractivity contribution in [2.24, 2.45) is 40.3 Å². The average molecular weight is 1790 g/mol. The molecule has 0 aliphatic carbocycles. The molecule has 1 heterocycles. The lowest BCUT2D eigenvalue weighted by molar-refractivity contribution is -0.139. The highest BCUT2D eigenvalue weighted by Crippen LogP contribution is 2.26. The fourth-order valence-corrected chi connectivity index (χ4v) is 14.0. The van der Waals surface area contributed by atoms with Gasteiger partial charge in [-0.15, -0.1) is 0 Å². The van der Waals surface area contributed by atoms with Gasteiger partial charge in [-0.25, -0.2) is 0 Å². The maximum atomic E-state index is 15.7. The van der Waals surface area contributed by atoms with Gasteiger partial charge in [0.05, 0.1) is 18.9 Å². The third-order valence-electron chi connectivity index (χ3n) is 20.0. The monoisotopic (exact) mass is 1790 g/mol. The number of primary amides is 5. The van der Waals surface area contributed by atoms with Gasteiger partial charge < -0.3 is 118 Å². The molecule has 1 aromatic heterocycles. The number of unbranched alkanes of at least 4 members (excludes halogenated alkanes) is 1. The van der Waals surface area contributed by atoms with Crippen LogP contribution in [-0.4, -0.2) is 224 Å². The number of amides is 18. The third kappa shape index (κ3) is 34.2. The molecule has 0 aliphatic rings. The molecule has 126 heavy (non-hydrogen) atoms. The Bertz CT molecular complexity index is 4750. The molecule has 0 unspecified atom stereocenters. The summed E-state index contributed by atoms with van der Waals surface area (Å²) in [5, 5.41) is 46.5. The number of aliphatic hydroxyl groups excluding tert-OH is 1. The normalized spacial score (nSPS) is 14.8. The largest absolute Gasteiger partial charge is 0.492 e. The quantitative estimate of drug-likeness (QED) is 0.0135. The van der Waals surface area contributed by atoms with Crippen LogP contribution in [0.5, 0.6) is 5.75 Å². The molecule has 0 fully saturated rings. The first-order valence-electron chi connectivity index (χ1n) is 40.9. The van der Waals surface area contributed by atoms with Gasteiger partial charge in [0.1, 0.15) is 84.4 Å². The molecule has 688 valence electrons. The summed E-state index contributed by atoms with van der Waals surface area (Å²) in [4.78, 5) is 252. The van der Waals surface area contributed by atoms with Gasteiger partial charge in [-0.2, -0.15) is 25.3 Å². The van der Waals surface area contributed by atoms with Crippen LogP contribution in [0.2, 0.25) is 0 Å². The average Bonchev–Trinajstić information content (AvgIpc) is 1.36. The molecule has 0 bridgehead atoms. The van der Waals surface area contributed by atoms with Crippen molar-refractivity contribution in [3.8, 4) is 5.75 Å². The van der Waals surface area contributed by atoms with E-state index in [-0.39, 0.29) is 70.5 Å². The van der Waals surface area contributed by atoms with Crippen molar-refractivity contribution < 1.29 is 96.1 Å². The van der Waals surface area contributed by atoms with Gasteiger partial charge in [-0.1, -0.05) is 86.6 Å². The Morgan fingerprint density at radius 2 is 0.921 bits per heavy atom. The van der Waals surface area contributed by atoms with E-state index in [1.165, 1.54) is 47.7 Å². The predicted octanol–water partition coefficient (Wildman–Crippen LogP) is -3.17. The number of fused-ring (bicyclic) bond motifs is 2. The number of aromatic nitrogens is 1. The lowest BCUT2D eigenvalue weighted by Crippen LogP contribution is -2.65. The Balaban J connectivity index is 1.58. The summed E-state index contributed by atoms with van der Waals surface area (Å²) in [5.74, 6) is -18.2. The van der Waals surface area contributed by atoms with E-state index in [9.17, 15) is 62.6 Å². The molecule has 27 N–H and O–H groups in total. The summed E-state index contributed by atoms with van der Waals surface area (Å²) in [6.07, 6.45) is -4.99. The number of nitrogens with two attached hydrogens (primary N) is 6. The van der Waals surface area contributed by atoms with Gasteiger partial charge in [0.25, 0.3) is 0 Å². The number of aromatic amines is 1. The first kappa shape index (κ1) is 104. The highest BCUT2D eigenvalue weighted by atomic mass is 32.1. The first-order valence-corrected chi connectivity index (χ1v) is 41.8. The molecule has 40 nitrogen and oxygen atoms in total. The number of para-hydroxylation sites is 1. The molecular formula is C84H120N20O20S2. The van der Waals surface area contributed by atoms with Crippen molar-refractivity contribution >= 4 is 153 Å². The zero-order chi connectivity index (χ0) is 94.3. The predicted molar refractivity (Wildman–Crippen MR) is 471 cm³/mol. The molecule has 5 rings (SSSR count). The van der Waals surface area contributed by atoms with Crippen LogP contribution in [0.3, 0.4) is 0 Å². The maximum absolute atomic E-state index is 15.7. The van der Waals surface area contributed by atoms with Crippen molar-refractivity contribution in [1.82, 2.24) is 74.1 Å². The lowest BCUT2D eigenvalue weighted by Gasteiger charge is -2.35. The Labute approximate surface area is 739 Å². The summed E-state index contributed by atoms with van der Waals surface area (Å²) in [7, 11) is 0. The Kier molecular flexibility index (Phi) is 40.3. The van der Waals surface area contributed by atoms with Crippen LogP contribution in [0.1, 0.15) is 150 Å². The molecule has 42 heteroatoms. The van der Waals surface area contributed by atoms with E-state index in [4.69, 9.17) is 51.8 Å². The molecule has 0 saturated heterocycles. The minimum Gasteiger partial charge on any atom is -0.492 e. The van der Waals surface area contributed by atoms with Crippen LogP contribution in [0.25, 0.3) is 21.7 Å². The highest BCUT2D eigenvalue weighted by Gasteiger charge is 2.44. The number of H-pyrrole nitrogens is 1. The van der Waals surface area contributed by atoms with Gasteiger partial charge in [0.15, 0.2) is 0 Å². The molecular weight excluding hydrogens is 1670 g/mol. The second kappa shape index (κ2) is 48.7. The molecule has 13 atom stereocenters. The number of hydrogen-bond donors (Lipinski definition) is 23. The van der Waals surface area contributed by atoms with Crippen molar-refractivity contribution in [2.75, 3.05) is 19.7 Å². The minimum absolute atomic E-state index is 0.121. The molecule has 18 amide bonds. The number of thiol groups is 2. The third-order valence-corrected chi connectivity index (χ3v) is 20.5. The summed E-state index contributed by atoms with van der Waals surface area (Å²) in [6.45, 7) is 14.6. The highest BCUT2D eigenvalue weighted by molar-refractivity contribution is 7.82. The zero-order valence-electron chi connectivity index (χ0n) is 72.1. The van der Waals surface area contributed by atoms with Crippen LogP contribution in [0.15, 0.2) is 97.2 Å². The fourth-order valence-electron chi connectivity index (χ4n) is 13.6. The van der Waals surface area contributed by atoms with E-state index in [1.54, 1.807) is 86.6 Å². The van der Waals surface area contributed by atoms with Crippen LogP contribution < -0.4 is 108 Å². The van der Waals surface area contributed by atoms with Crippen LogP contribution in [-0.2, 0) is 106 Å². The molecule has 4 aromatic carbocycles. The molecule has 0 aliphatic heterocycles. The molecule has 0 radical (unpaired) electrons. The van der Waals surface area contributed by atoms with E-state index in [1.807, 2.05) is 18.2 Å². The number of ether oxygens (including phenoxy) is 1. The lowest BCUT2D eigenvalue weighted by atomic mass is 9.88. The number of aliphatic hydroxyl groups is 1. The Morgan fingerprint density at radius 1 is 0.460 bits per heavy atom. The number of carbonyl (C=O) groups excluding carboxylic acids is 18. The van der Waals surface area contributed by atoms with Gasteiger partial charge >= 0.3 is 0 Å². The molecule has 0 saturated carbocycles. The van der Waals surface area contributed by atoms with E-state index in [0.29, 0.717) is 33.3 Å². The van der Waals surface area contributed by atoms with Gasteiger partial charge in [0, 0.05) is 85.6 Å². The zero-order valence-corrected chi connectivity index (χ0v) is 73.9. The fraction of sp³-hybridized carbons (Fsp3) is 0.500. The van der Waals surface area contributed by atoms with Crippen molar-refractivity contribution in [2.45, 2.75) is 240 Å². The second-order valence-corrected chi connectivity index (χ2v) is 35.0.